The smallest absolute Gasteiger partial charge is 0.404 e. The van der Waals surface area contributed by atoms with Crippen LogP contribution in [0.1, 0.15) is 253 Å². The first-order valence-electron chi connectivity index (χ1n) is 25.7. The average Bonchev–Trinajstić information content (AvgIpc) is 3.55. The molecule has 0 aromatic carbocycles. The highest BCUT2D eigenvalue weighted by atomic mass is 35.5. The van der Waals surface area contributed by atoms with E-state index >= 15 is 0 Å². The highest BCUT2D eigenvalue weighted by molar-refractivity contribution is 8.09. The molecule has 4 rings (SSSR count). The van der Waals surface area contributed by atoms with Crippen LogP contribution in [0.3, 0.4) is 0 Å². The molecule has 0 aromatic heterocycles. The summed E-state index contributed by atoms with van der Waals surface area (Å²) in [5.41, 5.74) is 8.31. The van der Waals surface area contributed by atoms with Crippen molar-refractivity contribution in [3.05, 3.63) is 22.1 Å². The number of hydrogen-bond acceptors (Lipinski definition) is 11. The number of amides is 1. The molecule has 1 amide bonds. The summed E-state index contributed by atoms with van der Waals surface area (Å²) in [4.78, 5) is 44.4. The van der Waals surface area contributed by atoms with E-state index in [4.69, 9.17) is 41.2 Å². The number of hydrogen-bond donors (Lipinski definition) is 2. The Hall–Kier alpha value is 1.45. The third kappa shape index (κ3) is 66.9. The Balaban J connectivity index is -0.0000000377. The van der Waals surface area contributed by atoms with E-state index in [1.165, 1.54) is 65.2 Å². The maximum absolute atomic E-state index is 11.2. The molecule has 0 aromatic rings. The van der Waals surface area contributed by atoms with Gasteiger partial charge in [0.2, 0.25) is 0 Å². The van der Waals surface area contributed by atoms with Gasteiger partial charge in [-0.15, -0.1) is 4.33 Å². The van der Waals surface area contributed by atoms with Crippen LogP contribution in [-0.2, 0) is 42.5 Å². The highest BCUT2D eigenvalue weighted by Gasteiger charge is 2.59. The molecule has 15 nitrogen and oxygen atoms in total. The van der Waals surface area contributed by atoms with E-state index in [1.807, 2.05) is 83.1 Å². The first-order chi connectivity index (χ1) is 31.7. The largest absolute Gasteiger partial charge is 0.460 e. The van der Waals surface area contributed by atoms with E-state index in [-0.39, 0.29) is 221 Å². The van der Waals surface area contributed by atoms with E-state index in [0.29, 0.717) is 10.8 Å². The fourth-order valence-corrected chi connectivity index (χ4v) is 10.2. The minimum Gasteiger partial charge on any atom is -0.460 e. The maximum Gasteiger partial charge on any atom is 0.404 e. The van der Waals surface area contributed by atoms with Gasteiger partial charge in [0.05, 0.1) is 0 Å². The van der Waals surface area contributed by atoms with Gasteiger partial charge in [-0.2, -0.15) is 162 Å². The summed E-state index contributed by atoms with van der Waals surface area (Å²) < 4.78 is 41.4. The summed E-state index contributed by atoms with van der Waals surface area (Å²) in [6.45, 7) is 43.4. The standard InChI is InChI=1S/C28H45ClO2.2C6H12O2.C5H9N3O2.C2H8O4S.3C2H6.4CH4.12H2S/c1-18(2)7-6-8-19(3)23-11-12-24-22-10-9-20-17-21(31-26(29)30)13-15-27(20,4)25(22)14-16-28(23,24)5;2*1-5(7)8-6(2,3)4;1-5(2,3)10-4(9)7-8-6;1-7(2,4,5)6-3;3*1-2;;;;;;;;;;;;;;;;/h9,18-19,21-25H,6-8,10-17H2,1-5H3;2*1-4H3;1-3H3;3H,1-2H3,(H,4,5);3*1-2H3;4*1H4;12*1H2. The van der Waals surface area contributed by atoms with E-state index in [9.17, 15) is 23.4 Å². The normalized spacial score (nSPS) is 20.3. The number of fused-ring (bicyclic) bond motifs is 5. The molecule has 8 unspecified atom stereocenters. The Bertz CT molecular complexity index is 1700. The van der Waals surface area contributed by atoms with Crippen LogP contribution in [0, 0.1) is 46.3 Å². The first kappa shape index (κ1) is 144. The van der Waals surface area contributed by atoms with Crippen molar-refractivity contribution >= 4 is 207 Å². The molecule has 3 saturated carbocycles. The lowest BCUT2D eigenvalue weighted by molar-refractivity contribution is -0.153. The molecule has 0 radical (unpaired) electrons. The lowest BCUT2D eigenvalue weighted by Crippen LogP contribution is -2.51. The van der Waals surface area contributed by atoms with Gasteiger partial charge in [0.1, 0.15) is 32.5 Å². The first-order valence-corrected chi connectivity index (χ1v) is 28.7. The summed E-state index contributed by atoms with van der Waals surface area (Å²) >= 11 is 5.51. The molecule has 3 fully saturated rings. The lowest BCUT2D eigenvalue weighted by Gasteiger charge is -2.58. The number of allylic oxidation sites excluding steroid dienone is 1. The molecule has 0 saturated heterocycles. The van der Waals surface area contributed by atoms with Gasteiger partial charge in [-0.25, -0.2) is 19.1 Å². The van der Waals surface area contributed by atoms with Crippen molar-refractivity contribution in [2.75, 3.05) is 12.5 Å². The zero-order valence-electron chi connectivity index (χ0n) is 54.5. The van der Waals surface area contributed by atoms with Crippen molar-refractivity contribution in [1.29, 1.82) is 0 Å². The fraction of sp³-hybridized carbons (Fsp3) is 0.895. The summed E-state index contributed by atoms with van der Waals surface area (Å²) in [5.74, 6) is 4.74. The van der Waals surface area contributed by atoms with Gasteiger partial charge >= 0.3 is 23.5 Å². The Kier molecular flexibility index (Phi) is 113. The Morgan fingerprint density at radius 1 is 0.674 bits per heavy atom. The molecular weight excluding hydrogens is 1370 g/mol. The molecule has 29 heteroatoms. The van der Waals surface area contributed by atoms with Crippen molar-refractivity contribution < 1.29 is 56.5 Å². The molecule has 0 heterocycles. The van der Waals surface area contributed by atoms with Crippen LogP contribution in [0.5, 0.6) is 0 Å². The van der Waals surface area contributed by atoms with Crippen molar-refractivity contribution in [1.82, 2.24) is 0 Å². The van der Waals surface area contributed by atoms with Crippen molar-refractivity contribution in [3.8, 4) is 0 Å². The van der Waals surface area contributed by atoms with Crippen LogP contribution < -0.4 is 0 Å². The third-order valence-corrected chi connectivity index (χ3v) is 12.7. The maximum atomic E-state index is 11.2. The topological polar surface area (TPSA) is 221 Å². The number of ether oxygens (including phenoxy) is 4. The zero-order valence-corrected chi connectivity index (χ0v) is 68.1. The summed E-state index contributed by atoms with van der Waals surface area (Å²) in [5, 5.41) is 10.4. The molecule has 2 N–H and O–H groups in total. The predicted octanol–water partition coefficient (Wildman–Crippen LogP) is 20.6. The number of esters is 2. The van der Waals surface area contributed by atoms with E-state index in [0.717, 1.165) is 67.3 Å². The predicted molar refractivity (Wildman–Crippen MR) is 439 cm³/mol. The third-order valence-electron chi connectivity index (χ3n) is 12.2. The van der Waals surface area contributed by atoms with Gasteiger partial charge < -0.3 is 23.5 Å². The number of halogens is 1. The van der Waals surface area contributed by atoms with Gasteiger partial charge in [-0.1, -0.05) is 137 Å². The number of azide groups is 1. The quantitative estimate of drug-likeness (QED) is 0.0280. The van der Waals surface area contributed by atoms with E-state index < -0.39 is 26.8 Å². The van der Waals surface area contributed by atoms with E-state index in [1.54, 1.807) is 26.3 Å². The minimum atomic E-state index is -4.06. The number of rotatable bonds is 7. The summed E-state index contributed by atoms with van der Waals surface area (Å²) in [7, 11) is -4.06. The van der Waals surface area contributed by atoms with Gasteiger partial charge in [0.15, 0.2) is 0 Å². The molecule has 0 aliphatic heterocycles. The Morgan fingerprint density at radius 2 is 1.05 bits per heavy atom. The monoisotopic (exact) mass is 1510 g/mol. The number of nitrogens with zero attached hydrogens (tertiary/aromatic N) is 3. The van der Waals surface area contributed by atoms with Crippen LogP contribution in [0.25, 0.3) is 10.4 Å². The van der Waals surface area contributed by atoms with Crippen LogP contribution >= 0.6 is 174 Å². The molecule has 4 aliphatic rings. The van der Waals surface area contributed by atoms with Crippen molar-refractivity contribution in [2.24, 2.45) is 51.5 Å². The SMILES string of the molecule is C.C.C.C.CC.CC.CC.CC(=O)OC(C)(C)C.CC(=O)OC(C)(C)C.CC(C)(C)OC(=O)N=[N+]=[N-].CC(C)CCCC(C)C1CCC2C3CC=C4CC(OC(=O)Cl)CCC4(C)C3CCC12C.CS(C)(=O)(O)OO.S.S.S.S.S.S.S.S.S.S.S.S. The summed E-state index contributed by atoms with van der Waals surface area (Å²) in [6.07, 6.45) is 17.6. The highest BCUT2D eigenvalue weighted by Crippen LogP contribution is 2.67. The van der Waals surface area contributed by atoms with Crippen LogP contribution in [0.4, 0.5) is 9.59 Å². The number of carbonyl (C=O) groups is 4. The molecule has 0 bridgehead atoms. The second kappa shape index (κ2) is 67.9. The average molecular weight is 1520 g/mol. The zero-order chi connectivity index (χ0) is 56.3. The fourth-order valence-electron chi connectivity index (χ4n) is 10.1. The lowest BCUT2D eigenvalue weighted by atomic mass is 9.47. The van der Waals surface area contributed by atoms with Gasteiger partial charge in [-0.05, 0) is 159 Å². The molecular formula is C57H144ClN3O12S13. The van der Waals surface area contributed by atoms with Crippen LogP contribution in [0.15, 0.2) is 16.8 Å². The number of carbonyl (C=O) groups excluding carboxylic acids is 4. The van der Waals surface area contributed by atoms with Gasteiger partial charge in [-0.3, -0.25) is 9.59 Å². The minimum absolute atomic E-state index is 0. The molecule has 4 aliphatic carbocycles. The second-order valence-electron chi connectivity index (χ2n) is 22.3. The summed E-state index contributed by atoms with van der Waals surface area (Å²) in [6, 6.07) is 0. The molecule has 8 atom stereocenters. The van der Waals surface area contributed by atoms with Gasteiger partial charge in [0, 0.05) is 54.4 Å². The van der Waals surface area contributed by atoms with E-state index in [2.05, 4.69) is 59.8 Å². The van der Waals surface area contributed by atoms with Crippen molar-refractivity contribution in [2.45, 2.75) is 276 Å². The molecule has 0 spiro atoms. The molecule has 86 heavy (non-hydrogen) atoms. The van der Waals surface area contributed by atoms with Crippen LogP contribution in [-0.4, -0.2) is 72.9 Å². The Morgan fingerprint density at radius 3 is 1.34 bits per heavy atom. The Labute approximate surface area is 619 Å². The molecule has 544 valence electrons. The van der Waals surface area contributed by atoms with Crippen molar-refractivity contribution in [3.63, 3.8) is 0 Å². The van der Waals surface area contributed by atoms with Gasteiger partial charge in [0.25, 0.3) is 0 Å². The van der Waals surface area contributed by atoms with Crippen LogP contribution in [0.2, 0.25) is 0 Å². The second-order valence-corrected chi connectivity index (χ2v) is 26.1.